The molecule has 0 aromatic carbocycles. The molecule has 0 aliphatic carbocycles. The SMILES string of the molecule is CCCN(CCC)CCC(O)(c1ccsc1)c1ccsc1. The Labute approximate surface area is 136 Å². The van der Waals surface area contributed by atoms with Gasteiger partial charge in [-0.25, -0.2) is 0 Å². The first-order valence-corrected chi connectivity index (χ1v) is 9.59. The maximum absolute atomic E-state index is 11.3. The highest BCUT2D eigenvalue weighted by Gasteiger charge is 2.32. The van der Waals surface area contributed by atoms with Crippen LogP contribution in [0.3, 0.4) is 0 Å². The molecule has 0 fully saturated rings. The van der Waals surface area contributed by atoms with E-state index in [-0.39, 0.29) is 0 Å². The van der Waals surface area contributed by atoms with Crippen LogP contribution >= 0.6 is 22.7 Å². The highest BCUT2D eigenvalue weighted by atomic mass is 32.1. The third-order valence-corrected chi connectivity index (χ3v) is 5.23. The number of thiophene rings is 2. The van der Waals surface area contributed by atoms with Crippen molar-refractivity contribution in [2.45, 2.75) is 38.7 Å². The minimum Gasteiger partial charge on any atom is -0.380 e. The van der Waals surface area contributed by atoms with Crippen LogP contribution in [0.25, 0.3) is 0 Å². The maximum atomic E-state index is 11.3. The Kier molecular flexibility index (Phi) is 6.42. The summed E-state index contributed by atoms with van der Waals surface area (Å²) in [5, 5.41) is 19.5. The molecule has 2 heterocycles. The third kappa shape index (κ3) is 4.16. The summed E-state index contributed by atoms with van der Waals surface area (Å²) in [6, 6.07) is 4.10. The summed E-state index contributed by atoms with van der Waals surface area (Å²) < 4.78 is 0. The molecular formula is C17H25NOS2. The average molecular weight is 324 g/mol. The van der Waals surface area contributed by atoms with Gasteiger partial charge in [-0.05, 0) is 77.1 Å². The zero-order valence-corrected chi connectivity index (χ0v) is 14.6. The van der Waals surface area contributed by atoms with E-state index in [0.717, 1.165) is 50.0 Å². The first-order chi connectivity index (χ1) is 10.2. The van der Waals surface area contributed by atoms with Crippen molar-refractivity contribution < 1.29 is 5.11 Å². The molecule has 0 saturated heterocycles. The number of hydrogen-bond acceptors (Lipinski definition) is 4. The van der Waals surface area contributed by atoms with Crippen LogP contribution in [-0.2, 0) is 5.60 Å². The molecule has 116 valence electrons. The van der Waals surface area contributed by atoms with Crippen molar-refractivity contribution in [2.24, 2.45) is 0 Å². The lowest BCUT2D eigenvalue weighted by molar-refractivity contribution is 0.0580. The highest BCUT2D eigenvalue weighted by Crippen LogP contribution is 2.35. The van der Waals surface area contributed by atoms with Crippen molar-refractivity contribution in [1.29, 1.82) is 0 Å². The molecule has 1 N–H and O–H groups in total. The lowest BCUT2D eigenvalue weighted by Gasteiger charge is -2.30. The summed E-state index contributed by atoms with van der Waals surface area (Å²) in [5.74, 6) is 0. The summed E-state index contributed by atoms with van der Waals surface area (Å²) in [4.78, 5) is 2.46. The number of hydrogen-bond donors (Lipinski definition) is 1. The Balaban J connectivity index is 2.14. The van der Waals surface area contributed by atoms with E-state index < -0.39 is 5.60 Å². The Bertz CT molecular complexity index is 453. The second kappa shape index (κ2) is 8.08. The fourth-order valence-corrected chi connectivity index (χ4v) is 4.19. The van der Waals surface area contributed by atoms with Crippen LogP contribution < -0.4 is 0 Å². The van der Waals surface area contributed by atoms with Crippen LogP contribution in [0.2, 0.25) is 0 Å². The van der Waals surface area contributed by atoms with Gasteiger partial charge >= 0.3 is 0 Å². The Morgan fingerprint density at radius 1 is 0.952 bits per heavy atom. The van der Waals surface area contributed by atoms with Gasteiger partial charge in [0.1, 0.15) is 5.60 Å². The topological polar surface area (TPSA) is 23.5 Å². The molecule has 21 heavy (non-hydrogen) atoms. The molecule has 0 unspecified atom stereocenters. The second-order valence-electron chi connectivity index (χ2n) is 5.48. The lowest BCUT2D eigenvalue weighted by atomic mass is 9.86. The van der Waals surface area contributed by atoms with Crippen molar-refractivity contribution in [1.82, 2.24) is 4.90 Å². The summed E-state index contributed by atoms with van der Waals surface area (Å²) in [6.45, 7) is 7.58. The van der Waals surface area contributed by atoms with Gasteiger partial charge in [0.05, 0.1) is 0 Å². The molecule has 4 heteroatoms. The van der Waals surface area contributed by atoms with Crippen LogP contribution in [0, 0.1) is 0 Å². The van der Waals surface area contributed by atoms with E-state index in [4.69, 9.17) is 0 Å². The summed E-state index contributed by atoms with van der Waals surface area (Å²) in [7, 11) is 0. The molecular weight excluding hydrogens is 298 g/mol. The van der Waals surface area contributed by atoms with Crippen LogP contribution in [0.1, 0.15) is 44.2 Å². The molecule has 0 radical (unpaired) electrons. The molecule has 2 nitrogen and oxygen atoms in total. The zero-order chi connectivity index (χ0) is 15.1. The van der Waals surface area contributed by atoms with Crippen molar-refractivity contribution in [3.63, 3.8) is 0 Å². The van der Waals surface area contributed by atoms with Crippen LogP contribution in [0.15, 0.2) is 33.7 Å². The van der Waals surface area contributed by atoms with Crippen molar-refractivity contribution in [3.05, 3.63) is 44.8 Å². The predicted octanol–water partition coefficient (Wildman–Crippen LogP) is 4.56. The first kappa shape index (κ1) is 16.7. The number of aliphatic hydroxyl groups is 1. The molecule has 0 aliphatic rings. The van der Waals surface area contributed by atoms with Gasteiger partial charge in [0.15, 0.2) is 0 Å². The zero-order valence-electron chi connectivity index (χ0n) is 12.9. The van der Waals surface area contributed by atoms with Gasteiger partial charge in [0, 0.05) is 6.54 Å². The fourth-order valence-electron chi connectivity index (χ4n) is 2.74. The Morgan fingerprint density at radius 3 is 1.86 bits per heavy atom. The quantitative estimate of drug-likeness (QED) is 0.731. The molecule has 2 aromatic rings. The second-order valence-corrected chi connectivity index (χ2v) is 7.04. The van der Waals surface area contributed by atoms with E-state index in [1.54, 1.807) is 22.7 Å². The first-order valence-electron chi connectivity index (χ1n) is 7.70. The largest absolute Gasteiger partial charge is 0.380 e. The normalized spacial score (nSPS) is 12.2. The summed E-state index contributed by atoms with van der Waals surface area (Å²) >= 11 is 3.30. The maximum Gasteiger partial charge on any atom is 0.117 e. The third-order valence-electron chi connectivity index (χ3n) is 3.87. The minimum atomic E-state index is -0.847. The molecule has 2 aromatic heterocycles. The monoisotopic (exact) mass is 323 g/mol. The summed E-state index contributed by atoms with van der Waals surface area (Å²) in [5.41, 5.74) is 1.21. The highest BCUT2D eigenvalue weighted by molar-refractivity contribution is 7.08. The standard InChI is InChI=1S/C17H25NOS2/c1-3-8-18(9-4-2)10-7-17(19,15-5-11-20-13-15)16-6-12-21-14-16/h5-6,11-14,19H,3-4,7-10H2,1-2H3. The molecule has 0 amide bonds. The average Bonchev–Trinajstić information content (AvgIpc) is 3.17. The number of rotatable bonds is 9. The number of nitrogens with zero attached hydrogens (tertiary/aromatic N) is 1. The van der Waals surface area contributed by atoms with E-state index in [1.165, 1.54) is 0 Å². The van der Waals surface area contributed by atoms with Crippen molar-refractivity contribution in [3.8, 4) is 0 Å². The molecule has 0 aliphatic heterocycles. The summed E-state index contributed by atoms with van der Waals surface area (Å²) in [6.07, 6.45) is 3.07. The van der Waals surface area contributed by atoms with Gasteiger partial charge in [0.25, 0.3) is 0 Å². The molecule has 2 rings (SSSR count). The van der Waals surface area contributed by atoms with Gasteiger partial charge in [-0.1, -0.05) is 13.8 Å². The van der Waals surface area contributed by atoms with Gasteiger partial charge in [0.2, 0.25) is 0 Å². The van der Waals surface area contributed by atoms with Crippen LogP contribution in [-0.4, -0.2) is 29.6 Å². The fraction of sp³-hybridized carbons (Fsp3) is 0.529. The Morgan fingerprint density at radius 2 is 1.48 bits per heavy atom. The Hall–Kier alpha value is -0.680. The van der Waals surface area contributed by atoms with E-state index >= 15 is 0 Å². The van der Waals surface area contributed by atoms with E-state index in [1.807, 2.05) is 22.9 Å². The molecule has 0 bridgehead atoms. The van der Waals surface area contributed by atoms with Gasteiger partial charge in [-0.2, -0.15) is 22.7 Å². The van der Waals surface area contributed by atoms with Gasteiger partial charge in [-0.3, -0.25) is 0 Å². The van der Waals surface area contributed by atoms with Crippen LogP contribution in [0.5, 0.6) is 0 Å². The lowest BCUT2D eigenvalue weighted by Crippen LogP contribution is -2.34. The van der Waals surface area contributed by atoms with Crippen molar-refractivity contribution >= 4 is 22.7 Å². The molecule has 0 atom stereocenters. The molecule has 0 spiro atoms. The van der Waals surface area contributed by atoms with Crippen LogP contribution in [0.4, 0.5) is 0 Å². The van der Waals surface area contributed by atoms with Gasteiger partial charge < -0.3 is 10.0 Å². The van der Waals surface area contributed by atoms with E-state index in [0.29, 0.717) is 0 Å². The van der Waals surface area contributed by atoms with Crippen molar-refractivity contribution in [2.75, 3.05) is 19.6 Å². The predicted molar refractivity (Wildman–Crippen MR) is 93.3 cm³/mol. The minimum absolute atomic E-state index is 0.750. The van der Waals surface area contributed by atoms with Gasteiger partial charge in [-0.15, -0.1) is 0 Å². The van der Waals surface area contributed by atoms with E-state index in [9.17, 15) is 5.11 Å². The smallest absolute Gasteiger partial charge is 0.117 e. The molecule has 0 saturated carbocycles. The van der Waals surface area contributed by atoms with E-state index in [2.05, 4.69) is 29.5 Å².